The van der Waals surface area contributed by atoms with Gasteiger partial charge in [0.2, 0.25) is 0 Å². The van der Waals surface area contributed by atoms with Gasteiger partial charge >= 0.3 is 5.97 Å². The van der Waals surface area contributed by atoms with Crippen LogP contribution in [0.1, 0.15) is 45.5 Å². The largest absolute Gasteiger partial charge is 0.465 e. The molecule has 0 saturated carbocycles. The van der Waals surface area contributed by atoms with E-state index in [4.69, 9.17) is 22.1 Å². The van der Waals surface area contributed by atoms with Crippen LogP contribution < -0.4 is 11.1 Å². The highest BCUT2D eigenvalue weighted by Crippen LogP contribution is 2.42. The molecule has 1 fully saturated rings. The summed E-state index contributed by atoms with van der Waals surface area (Å²) in [5.41, 5.74) is 11.9. The molecule has 1 saturated heterocycles. The zero-order valence-corrected chi connectivity index (χ0v) is 28.4. The number of anilines is 1. The normalized spacial score (nSPS) is 15.4. The van der Waals surface area contributed by atoms with Crippen LogP contribution in [0, 0.1) is 5.92 Å². The second kappa shape index (κ2) is 14.9. The molecule has 1 heterocycles. The number of likely N-dealkylation sites (tertiary alicyclic amines) is 1. The number of esters is 1. The number of hydrogen-bond acceptors (Lipinski definition) is 5. The molecule has 0 bridgehead atoms. The van der Waals surface area contributed by atoms with Crippen molar-refractivity contribution in [3.63, 3.8) is 0 Å². The van der Waals surface area contributed by atoms with E-state index in [-0.39, 0.29) is 17.7 Å². The molecule has 0 radical (unpaired) electrons. The standard InChI is InChI=1S/C41H39ClN4O3/c1-46-24-12-13-30(27-46)39(47)44-38(43)35-25-28(34-26-29(40(48)49-2)20-22-36(34)42)21-23-37(35)45-41(31-14-6-3-7-15-31,32-16-8-4-9-17-32)33-18-10-5-11-19-33/h3-11,14-23,25-26,30,45H,12-13,24,27H2,1-2H3,(H2,43,44,47)/t30-/m1/s1. The van der Waals surface area contributed by atoms with Crippen LogP contribution in [0.15, 0.2) is 132 Å². The van der Waals surface area contributed by atoms with Crippen molar-refractivity contribution in [1.29, 1.82) is 0 Å². The first-order chi connectivity index (χ1) is 23.8. The predicted molar refractivity (Wildman–Crippen MR) is 197 cm³/mol. The van der Waals surface area contributed by atoms with Gasteiger partial charge < -0.3 is 20.7 Å². The van der Waals surface area contributed by atoms with Crippen LogP contribution in [0.2, 0.25) is 5.02 Å². The number of halogens is 1. The van der Waals surface area contributed by atoms with Gasteiger partial charge in [-0.1, -0.05) is 109 Å². The number of carbonyl (C=O) groups excluding carboxylic acids is 2. The van der Waals surface area contributed by atoms with Gasteiger partial charge in [0.25, 0.3) is 5.91 Å². The second-order valence-electron chi connectivity index (χ2n) is 12.4. The van der Waals surface area contributed by atoms with Gasteiger partial charge in [-0.05, 0) is 79.0 Å². The number of methoxy groups -OCH3 is 1. The third-order valence-corrected chi connectivity index (χ3v) is 9.47. The van der Waals surface area contributed by atoms with Crippen LogP contribution in [-0.4, -0.2) is 49.9 Å². The summed E-state index contributed by atoms with van der Waals surface area (Å²) in [6, 6.07) is 41.4. The number of carbonyl (C=O) groups is 2. The van der Waals surface area contributed by atoms with Crippen molar-refractivity contribution >= 4 is 35.0 Å². The highest BCUT2D eigenvalue weighted by Gasteiger charge is 2.37. The van der Waals surface area contributed by atoms with Crippen LogP contribution >= 0.6 is 11.6 Å². The Balaban J connectivity index is 1.56. The summed E-state index contributed by atoms with van der Waals surface area (Å²) in [5.74, 6) is -0.864. The van der Waals surface area contributed by atoms with Crippen LogP contribution in [0.3, 0.4) is 0 Å². The number of piperidine rings is 1. The first-order valence-corrected chi connectivity index (χ1v) is 16.7. The number of nitrogens with zero attached hydrogens (tertiary/aromatic N) is 2. The molecule has 0 aliphatic carbocycles. The molecule has 7 nitrogen and oxygen atoms in total. The van der Waals surface area contributed by atoms with Crippen molar-refractivity contribution in [2.45, 2.75) is 18.4 Å². The van der Waals surface area contributed by atoms with E-state index in [1.807, 2.05) is 79.8 Å². The second-order valence-corrected chi connectivity index (χ2v) is 12.8. The number of nitrogens with one attached hydrogen (secondary N) is 1. The van der Waals surface area contributed by atoms with Gasteiger partial charge in [-0.15, -0.1) is 0 Å². The minimum Gasteiger partial charge on any atom is -0.465 e. The zero-order valence-electron chi connectivity index (χ0n) is 27.6. The fraction of sp³-hybridized carbons (Fsp3) is 0.195. The molecule has 0 unspecified atom stereocenters. The lowest BCUT2D eigenvalue weighted by molar-refractivity contribution is -0.123. The van der Waals surface area contributed by atoms with Gasteiger partial charge in [-0.3, -0.25) is 4.79 Å². The number of aliphatic imine (C=N–C) groups is 1. The lowest BCUT2D eigenvalue weighted by Gasteiger charge is -2.38. The minimum absolute atomic E-state index is 0.0888. The third kappa shape index (κ3) is 7.14. The Bertz CT molecular complexity index is 1870. The minimum atomic E-state index is -0.862. The van der Waals surface area contributed by atoms with Gasteiger partial charge in [-0.2, -0.15) is 4.99 Å². The molecule has 8 heteroatoms. The number of amidine groups is 1. The van der Waals surface area contributed by atoms with Crippen LogP contribution in [0.25, 0.3) is 11.1 Å². The van der Waals surface area contributed by atoms with E-state index < -0.39 is 11.5 Å². The molecule has 1 amide bonds. The smallest absolute Gasteiger partial charge is 0.337 e. The first-order valence-electron chi connectivity index (χ1n) is 16.3. The maximum absolute atomic E-state index is 13.6. The highest BCUT2D eigenvalue weighted by atomic mass is 35.5. The molecular formula is C41H39ClN4O3. The molecule has 248 valence electrons. The van der Waals surface area contributed by atoms with E-state index in [1.165, 1.54) is 7.11 Å². The van der Waals surface area contributed by atoms with E-state index in [0.717, 1.165) is 36.1 Å². The average molecular weight is 671 g/mol. The quantitative estimate of drug-likeness (QED) is 0.0720. The molecule has 0 spiro atoms. The molecule has 5 aromatic carbocycles. The topological polar surface area (TPSA) is 97.0 Å². The summed E-state index contributed by atoms with van der Waals surface area (Å²) in [6.45, 7) is 1.58. The maximum atomic E-state index is 13.6. The molecular weight excluding hydrogens is 632 g/mol. The van der Waals surface area contributed by atoms with E-state index in [1.54, 1.807) is 18.2 Å². The third-order valence-electron chi connectivity index (χ3n) is 9.14. The lowest BCUT2D eigenvalue weighted by atomic mass is 9.76. The molecule has 1 aliphatic rings. The highest BCUT2D eigenvalue weighted by molar-refractivity contribution is 6.33. The molecule has 0 aromatic heterocycles. The molecule has 6 rings (SSSR count). The summed E-state index contributed by atoms with van der Waals surface area (Å²) in [6.07, 6.45) is 1.69. The van der Waals surface area contributed by atoms with Crippen molar-refractivity contribution in [3.05, 3.63) is 160 Å². The maximum Gasteiger partial charge on any atom is 0.337 e. The Morgan fingerprint density at radius 2 is 1.45 bits per heavy atom. The lowest BCUT2D eigenvalue weighted by Crippen LogP contribution is -2.39. The first kappa shape index (κ1) is 33.7. The van der Waals surface area contributed by atoms with Crippen LogP contribution in [0.4, 0.5) is 5.69 Å². The summed E-state index contributed by atoms with van der Waals surface area (Å²) in [5, 5.41) is 4.34. The zero-order chi connectivity index (χ0) is 34.4. The van der Waals surface area contributed by atoms with Crippen LogP contribution in [0.5, 0.6) is 0 Å². The monoisotopic (exact) mass is 670 g/mol. The Morgan fingerprint density at radius 3 is 2.00 bits per heavy atom. The van der Waals surface area contributed by atoms with Crippen molar-refractivity contribution in [2.75, 3.05) is 32.6 Å². The van der Waals surface area contributed by atoms with E-state index in [0.29, 0.717) is 39.5 Å². The Hall–Kier alpha value is -5.24. The van der Waals surface area contributed by atoms with Gasteiger partial charge in [0.1, 0.15) is 11.4 Å². The fourth-order valence-electron chi connectivity index (χ4n) is 6.65. The number of benzene rings is 5. The SMILES string of the molecule is COC(=O)c1ccc(Cl)c(-c2ccc(NC(c3ccccc3)(c3ccccc3)c3ccccc3)c(C(N)=NC(=O)[C@@H]3CCCN(C)C3)c2)c1. The molecule has 1 atom stereocenters. The fourth-order valence-corrected chi connectivity index (χ4v) is 6.87. The van der Waals surface area contributed by atoms with Gasteiger partial charge in [0.15, 0.2) is 0 Å². The summed E-state index contributed by atoms with van der Waals surface area (Å²) in [7, 11) is 3.35. The Kier molecular flexibility index (Phi) is 10.2. The number of ether oxygens (including phenoxy) is 1. The summed E-state index contributed by atoms with van der Waals surface area (Å²) >= 11 is 6.71. The van der Waals surface area contributed by atoms with E-state index >= 15 is 0 Å². The van der Waals surface area contributed by atoms with Gasteiger partial charge in [0.05, 0.1) is 18.6 Å². The van der Waals surface area contributed by atoms with Gasteiger partial charge in [-0.25, -0.2) is 4.79 Å². The summed E-state index contributed by atoms with van der Waals surface area (Å²) < 4.78 is 4.97. The van der Waals surface area contributed by atoms with Crippen molar-refractivity contribution < 1.29 is 14.3 Å². The Labute approximate surface area is 292 Å². The Morgan fingerprint density at radius 1 is 0.857 bits per heavy atom. The number of hydrogen-bond donors (Lipinski definition) is 2. The van der Waals surface area contributed by atoms with Crippen molar-refractivity contribution in [3.8, 4) is 11.1 Å². The van der Waals surface area contributed by atoms with Gasteiger partial charge in [0, 0.05) is 28.4 Å². The van der Waals surface area contributed by atoms with Crippen molar-refractivity contribution in [1.82, 2.24) is 4.90 Å². The molecule has 3 N–H and O–H groups in total. The number of rotatable bonds is 9. The van der Waals surface area contributed by atoms with Crippen molar-refractivity contribution in [2.24, 2.45) is 16.6 Å². The van der Waals surface area contributed by atoms with Crippen LogP contribution in [-0.2, 0) is 15.1 Å². The number of nitrogens with two attached hydrogens (primary N) is 1. The molecule has 5 aromatic rings. The molecule has 49 heavy (non-hydrogen) atoms. The predicted octanol–water partition coefficient (Wildman–Crippen LogP) is 7.77. The summed E-state index contributed by atoms with van der Waals surface area (Å²) in [4.78, 5) is 32.7. The molecule has 1 aliphatic heterocycles. The number of amides is 1. The average Bonchev–Trinajstić information content (AvgIpc) is 3.15. The van der Waals surface area contributed by atoms with E-state index in [9.17, 15) is 9.59 Å². The van der Waals surface area contributed by atoms with E-state index in [2.05, 4.69) is 51.6 Å².